The lowest BCUT2D eigenvalue weighted by Crippen LogP contribution is -2.12. The van der Waals surface area contributed by atoms with Crippen LogP contribution in [0, 0.1) is 0 Å². The molecule has 2 N–H and O–H groups in total. The molecule has 3 rings (SSSR count). The third-order valence-corrected chi connectivity index (χ3v) is 2.92. The number of aromatic nitrogens is 1. The SMILES string of the molecule is NC(=O)c1cccnc1Oc1ccc2c(c1)OCC2. The molecule has 0 saturated carbocycles. The molecule has 0 saturated heterocycles. The van der Waals surface area contributed by atoms with E-state index >= 15 is 0 Å². The molecule has 2 aromatic rings. The van der Waals surface area contributed by atoms with E-state index < -0.39 is 5.91 Å². The lowest BCUT2D eigenvalue weighted by atomic mass is 10.2. The van der Waals surface area contributed by atoms with E-state index in [1.54, 1.807) is 24.4 Å². The Morgan fingerprint density at radius 2 is 2.26 bits per heavy atom. The van der Waals surface area contributed by atoms with Crippen molar-refractivity contribution in [3.05, 3.63) is 47.7 Å². The van der Waals surface area contributed by atoms with Crippen LogP contribution < -0.4 is 15.2 Å². The van der Waals surface area contributed by atoms with E-state index in [0.717, 1.165) is 17.7 Å². The second kappa shape index (κ2) is 4.61. The van der Waals surface area contributed by atoms with Gasteiger partial charge in [0.1, 0.15) is 17.1 Å². The second-order valence-electron chi connectivity index (χ2n) is 4.19. The highest BCUT2D eigenvalue weighted by Gasteiger charge is 2.15. The Labute approximate surface area is 110 Å². The normalized spacial score (nSPS) is 12.6. The number of pyridine rings is 1. The van der Waals surface area contributed by atoms with Crippen LogP contribution in [0.5, 0.6) is 17.4 Å². The minimum atomic E-state index is -0.569. The van der Waals surface area contributed by atoms with Crippen LogP contribution in [0.2, 0.25) is 0 Å². The van der Waals surface area contributed by atoms with Crippen LogP contribution in [0.1, 0.15) is 15.9 Å². The van der Waals surface area contributed by atoms with Crippen molar-refractivity contribution in [2.45, 2.75) is 6.42 Å². The minimum Gasteiger partial charge on any atom is -0.493 e. The van der Waals surface area contributed by atoms with Gasteiger partial charge in [-0.25, -0.2) is 4.98 Å². The Balaban J connectivity index is 1.91. The third kappa shape index (κ3) is 2.22. The number of hydrogen-bond donors (Lipinski definition) is 1. The summed E-state index contributed by atoms with van der Waals surface area (Å²) in [5.74, 6) is 1.02. The number of carbonyl (C=O) groups excluding carboxylic acids is 1. The van der Waals surface area contributed by atoms with Crippen molar-refractivity contribution in [3.8, 4) is 17.4 Å². The topological polar surface area (TPSA) is 74.4 Å². The molecular weight excluding hydrogens is 244 g/mol. The maximum Gasteiger partial charge on any atom is 0.254 e. The molecule has 1 aliphatic heterocycles. The monoisotopic (exact) mass is 256 g/mol. The molecule has 0 aliphatic carbocycles. The van der Waals surface area contributed by atoms with E-state index in [0.29, 0.717) is 12.4 Å². The summed E-state index contributed by atoms with van der Waals surface area (Å²) >= 11 is 0. The molecule has 1 aromatic carbocycles. The summed E-state index contributed by atoms with van der Waals surface area (Å²) in [6.45, 7) is 0.689. The first-order valence-corrected chi connectivity index (χ1v) is 5.92. The van der Waals surface area contributed by atoms with E-state index in [2.05, 4.69) is 4.98 Å². The molecule has 5 heteroatoms. The number of primary amides is 1. The first-order chi connectivity index (χ1) is 9.24. The Bertz CT molecular complexity index is 640. The highest BCUT2D eigenvalue weighted by atomic mass is 16.5. The van der Waals surface area contributed by atoms with Gasteiger partial charge in [0.05, 0.1) is 6.61 Å². The van der Waals surface area contributed by atoms with Gasteiger partial charge in [-0.1, -0.05) is 6.07 Å². The molecule has 1 aliphatic rings. The van der Waals surface area contributed by atoms with Crippen molar-refractivity contribution in [1.82, 2.24) is 4.98 Å². The van der Waals surface area contributed by atoms with Gasteiger partial charge in [0.2, 0.25) is 5.88 Å². The molecular formula is C14H12N2O3. The summed E-state index contributed by atoms with van der Waals surface area (Å²) in [4.78, 5) is 15.3. The van der Waals surface area contributed by atoms with Crippen molar-refractivity contribution in [2.75, 3.05) is 6.61 Å². The number of nitrogens with two attached hydrogens (primary N) is 1. The molecule has 96 valence electrons. The van der Waals surface area contributed by atoms with Gasteiger partial charge in [0.15, 0.2) is 0 Å². The Morgan fingerprint density at radius 3 is 3.11 bits per heavy atom. The molecule has 0 fully saturated rings. The van der Waals surface area contributed by atoms with Crippen molar-refractivity contribution in [2.24, 2.45) is 5.73 Å². The lowest BCUT2D eigenvalue weighted by molar-refractivity contribution is 0.0997. The fraction of sp³-hybridized carbons (Fsp3) is 0.143. The summed E-state index contributed by atoms with van der Waals surface area (Å²) < 4.78 is 11.1. The van der Waals surface area contributed by atoms with Crippen LogP contribution in [0.3, 0.4) is 0 Å². The predicted molar refractivity (Wildman–Crippen MR) is 68.5 cm³/mol. The number of rotatable bonds is 3. The fourth-order valence-electron chi connectivity index (χ4n) is 1.98. The first-order valence-electron chi connectivity index (χ1n) is 5.92. The maximum atomic E-state index is 11.3. The third-order valence-electron chi connectivity index (χ3n) is 2.92. The molecule has 0 atom stereocenters. The van der Waals surface area contributed by atoms with Crippen LogP contribution in [0.15, 0.2) is 36.5 Å². The molecule has 1 aromatic heterocycles. The van der Waals surface area contributed by atoms with Crippen LogP contribution >= 0.6 is 0 Å². The van der Waals surface area contributed by atoms with Crippen molar-refractivity contribution < 1.29 is 14.3 Å². The van der Waals surface area contributed by atoms with Gasteiger partial charge in [-0.15, -0.1) is 0 Å². The van der Waals surface area contributed by atoms with E-state index in [4.69, 9.17) is 15.2 Å². The minimum absolute atomic E-state index is 0.202. The van der Waals surface area contributed by atoms with E-state index in [9.17, 15) is 4.79 Å². The van der Waals surface area contributed by atoms with E-state index in [1.165, 1.54) is 0 Å². The Kier molecular flexibility index (Phi) is 2.79. The zero-order valence-electron chi connectivity index (χ0n) is 10.1. The standard InChI is InChI=1S/C14H12N2O3/c15-13(17)11-2-1-6-16-14(11)19-10-4-3-9-5-7-18-12(9)8-10/h1-4,6,8H,5,7H2,(H2,15,17). The highest BCUT2D eigenvalue weighted by molar-refractivity contribution is 5.95. The van der Waals surface area contributed by atoms with Crippen molar-refractivity contribution >= 4 is 5.91 Å². The van der Waals surface area contributed by atoms with Crippen LogP contribution in [0.25, 0.3) is 0 Å². The van der Waals surface area contributed by atoms with Crippen molar-refractivity contribution in [1.29, 1.82) is 0 Å². The smallest absolute Gasteiger partial charge is 0.254 e. The first kappa shape index (κ1) is 11.5. The highest BCUT2D eigenvalue weighted by Crippen LogP contribution is 2.32. The molecule has 0 unspecified atom stereocenters. The molecule has 19 heavy (non-hydrogen) atoms. The zero-order valence-corrected chi connectivity index (χ0v) is 10.1. The summed E-state index contributed by atoms with van der Waals surface area (Å²) in [5.41, 5.74) is 6.68. The zero-order chi connectivity index (χ0) is 13.2. The van der Waals surface area contributed by atoms with Crippen LogP contribution in [-0.2, 0) is 6.42 Å². The van der Waals surface area contributed by atoms with Gasteiger partial charge < -0.3 is 15.2 Å². The van der Waals surface area contributed by atoms with E-state index in [-0.39, 0.29) is 11.4 Å². The van der Waals surface area contributed by atoms with Gasteiger partial charge in [0, 0.05) is 18.7 Å². The van der Waals surface area contributed by atoms with Gasteiger partial charge in [-0.3, -0.25) is 4.79 Å². The van der Waals surface area contributed by atoms with Gasteiger partial charge in [-0.2, -0.15) is 0 Å². The fourth-order valence-corrected chi connectivity index (χ4v) is 1.98. The molecule has 0 radical (unpaired) electrons. The quantitative estimate of drug-likeness (QED) is 0.910. The maximum absolute atomic E-state index is 11.3. The number of hydrogen-bond acceptors (Lipinski definition) is 4. The summed E-state index contributed by atoms with van der Waals surface area (Å²) in [6.07, 6.45) is 2.46. The summed E-state index contributed by atoms with van der Waals surface area (Å²) in [7, 11) is 0. The Morgan fingerprint density at radius 1 is 1.37 bits per heavy atom. The molecule has 2 heterocycles. The number of nitrogens with zero attached hydrogens (tertiary/aromatic N) is 1. The number of benzene rings is 1. The summed E-state index contributed by atoms with van der Waals surface area (Å²) in [5, 5.41) is 0. The average molecular weight is 256 g/mol. The number of carbonyl (C=O) groups is 1. The van der Waals surface area contributed by atoms with E-state index in [1.807, 2.05) is 12.1 Å². The van der Waals surface area contributed by atoms with Gasteiger partial charge in [0.25, 0.3) is 5.91 Å². The number of fused-ring (bicyclic) bond motifs is 1. The number of ether oxygens (including phenoxy) is 2. The van der Waals surface area contributed by atoms with Crippen molar-refractivity contribution in [3.63, 3.8) is 0 Å². The van der Waals surface area contributed by atoms with Gasteiger partial charge >= 0.3 is 0 Å². The van der Waals surface area contributed by atoms with Crippen LogP contribution in [-0.4, -0.2) is 17.5 Å². The lowest BCUT2D eigenvalue weighted by Gasteiger charge is -2.08. The average Bonchev–Trinajstić information content (AvgIpc) is 2.86. The molecule has 0 spiro atoms. The molecule has 0 bridgehead atoms. The second-order valence-corrected chi connectivity index (χ2v) is 4.19. The molecule has 5 nitrogen and oxygen atoms in total. The Hall–Kier alpha value is -2.56. The van der Waals surface area contributed by atoms with Crippen LogP contribution in [0.4, 0.5) is 0 Å². The predicted octanol–water partition coefficient (Wildman–Crippen LogP) is 1.91. The summed E-state index contributed by atoms with van der Waals surface area (Å²) in [6, 6.07) is 8.78. The number of amides is 1. The largest absolute Gasteiger partial charge is 0.493 e. The van der Waals surface area contributed by atoms with Gasteiger partial charge in [-0.05, 0) is 23.8 Å². The molecule has 1 amide bonds.